The zero-order valence-corrected chi connectivity index (χ0v) is 12.4. The van der Waals surface area contributed by atoms with Gasteiger partial charge >= 0.3 is 0 Å². The average molecular weight is 312 g/mol. The molecule has 2 N–H and O–H groups in total. The molecule has 0 aliphatic carbocycles. The van der Waals surface area contributed by atoms with Crippen LogP contribution < -0.4 is 4.72 Å². The fraction of sp³-hybridized carbons (Fsp3) is 0.455. The second kappa shape index (κ2) is 6.21. The van der Waals surface area contributed by atoms with E-state index in [1.807, 2.05) is 13.8 Å². The van der Waals surface area contributed by atoms with E-state index in [1.165, 1.54) is 18.2 Å². The van der Waals surface area contributed by atoms with Crippen molar-refractivity contribution in [1.82, 2.24) is 4.72 Å². The van der Waals surface area contributed by atoms with E-state index in [0.29, 0.717) is 0 Å². The van der Waals surface area contributed by atoms with Crippen LogP contribution >= 0.6 is 23.2 Å². The molecule has 7 heteroatoms. The summed E-state index contributed by atoms with van der Waals surface area (Å²) in [7, 11) is -3.74. The van der Waals surface area contributed by atoms with Crippen molar-refractivity contribution in [2.24, 2.45) is 5.92 Å². The Hall–Kier alpha value is -0.330. The van der Waals surface area contributed by atoms with Gasteiger partial charge in [0.05, 0.1) is 11.5 Å². The van der Waals surface area contributed by atoms with Gasteiger partial charge in [0.15, 0.2) is 0 Å². The van der Waals surface area contributed by atoms with E-state index in [1.54, 1.807) is 0 Å². The lowest BCUT2D eigenvalue weighted by atomic mass is 10.1. The van der Waals surface area contributed by atoms with Crippen molar-refractivity contribution >= 4 is 33.2 Å². The van der Waals surface area contributed by atoms with Crippen molar-refractivity contribution < 1.29 is 13.5 Å². The molecule has 0 aliphatic heterocycles. The van der Waals surface area contributed by atoms with Crippen LogP contribution in [0.15, 0.2) is 23.1 Å². The molecular weight excluding hydrogens is 297 g/mol. The van der Waals surface area contributed by atoms with Gasteiger partial charge in [0, 0.05) is 16.1 Å². The number of hydrogen-bond donors (Lipinski definition) is 2. The topological polar surface area (TPSA) is 66.4 Å². The molecule has 0 fully saturated rings. The van der Waals surface area contributed by atoms with Gasteiger partial charge in [-0.15, -0.1) is 0 Å². The first-order valence-electron chi connectivity index (χ1n) is 5.35. The third-order valence-electron chi connectivity index (χ3n) is 2.45. The van der Waals surface area contributed by atoms with E-state index in [4.69, 9.17) is 28.3 Å². The number of halogens is 2. The van der Waals surface area contributed by atoms with E-state index in [0.717, 1.165) is 0 Å². The first-order valence-corrected chi connectivity index (χ1v) is 7.59. The first-order chi connectivity index (χ1) is 8.26. The standard InChI is InChI=1S/C11H15Cl2NO3S/c1-7(2)11(6-15)14-18(16,17)10-4-8(12)3-9(13)5-10/h3-5,7,11,14-15H,6H2,1-2H3/t11-/m1/s1. The highest BCUT2D eigenvalue weighted by atomic mass is 35.5. The molecule has 0 spiro atoms. The van der Waals surface area contributed by atoms with Crippen LogP contribution in [0.1, 0.15) is 13.8 Å². The molecule has 0 aromatic heterocycles. The molecule has 1 rings (SSSR count). The van der Waals surface area contributed by atoms with Gasteiger partial charge in [-0.2, -0.15) is 0 Å². The van der Waals surface area contributed by atoms with E-state index in [-0.39, 0.29) is 27.5 Å². The Kier molecular flexibility index (Phi) is 5.43. The van der Waals surface area contributed by atoms with Gasteiger partial charge in [-0.25, -0.2) is 13.1 Å². The molecule has 18 heavy (non-hydrogen) atoms. The van der Waals surface area contributed by atoms with Crippen molar-refractivity contribution in [2.75, 3.05) is 6.61 Å². The smallest absolute Gasteiger partial charge is 0.241 e. The van der Waals surface area contributed by atoms with Crippen molar-refractivity contribution in [3.05, 3.63) is 28.2 Å². The Bertz CT molecular complexity index is 497. The number of hydrogen-bond acceptors (Lipinski definition) is 3. The minimum atomic E-state index is -3.74. The molecule has 4 nitrogen and oxygen atoms in total. The predicted octanol–water partition coefficient (Wildman–Crippen LogP) is 2.29. The molecule has 0 saturated carbocycles. The Morgan fingerprint density at radius 1 is 1.22 bits per heavy atom. The highest BCUT2D eigenvalue weighted by molar-refractivity contribution is 7.89. The molecular formula is C11H15Cl2NO3S. The molecule has 102 valence electrons. The molecule has 0 bridgehead atoms. The summed E-state index contributed by atoms with van der Waals surface area (Å²) in [5.74, 6) is -0.0283. The van der Waals surface area contributed by atoms with Crippen LogP contribution in [0.25, 0.3) is 0 Å². The average Bonchev–Trinajstić information content (AvgIpc) is 2.24. The maximum Gasteiger partial charge on any atom is 0.241 e. The summed E-state index contributed by atoms with van der Waals surface area (Å²) in [6.07, 6.45) is 0. The summed E-state index contributed by atoms with van der Waals surface area (Å²) in [5, 5.41) is 9.62. The van der Waals surface area contributed by atoms with Crippen molar-refractivity contribution in [1.29, 1.82) is 0 Å². The van der Waals surface area contributed by atoms with Crippen LogP contribution in [-0.4, -0.2) is 26.2 Å². The lowest BCUT2D eigenvalue weighted by Gasteiger charge is -2.19. The summed E-state index contributed by atoms with van der Waals surface area (Å²) in [5.41, 5.74) is 0. The zero-order chi connectivity index (χ0) is 13.9. The van der Waals surface area contributed by atoms with Crippen molar-refractivity contribution in [2.45, 2.75) is 24.8 Å². The quantitative estimate of drug-likeness (QED) is 0.876. The van der Waals surface area contributed by atoms with E-state index in [2.05, 4.69) is 4.72 Å². The summed E-state index contributed by atoms with van der Waals surface area (Å²) < 4.78 is 26.6. The maximum atomic E-state index is 12.1. The number of sulfonamides is 1. The van der Waals surface area contributed by atoms with Crippen LogP contribution in [-0.2, 0) is 10.0 Å². The van der Waals surface area contributed by atoms with E-state index >= 15 is 0 Å². The number of aliphatic hydroxyl groups is 1. The van der Waals surface area contributed by atoms with Crippen LogP contribution in [0.4, 0.5) is 0 Å². The van der Waals surface area contributed by atoms with Gasteiger partial charge < -0.3 is 5.11 Å². The largest absolute Gasteiger partial charge is 0.395 e. The van der Waals surface area contributed by atoms with Crippen LogP contribution in [0.3, 0.4) is 0 Å². The SMILES string of the molecule is CC(C)[C@@H](CO)NS(=O)(=O)c1cc(Cl)cc(Cl)c1. The molecule has 0 heterocycles. The normalized spacial score (nSPS) is 13.9. The third-order valence-corrected chi connectivity index (χ3v) is 4.36. The fourth-order valence-electron chi connectivity index (χ4n) is 1.34. The highest BCUT2D eigenvalue weighted by Gasteiger charge is 2.22. The summed E-state index contributed by atoms with van der Waals surface area (Å²) in [6.45, 7) is 3.36. The molecule has 1 atom stereocenters. The lowest BCUT2D eigenvalue weighted by Crippen LogP contribution is -2.41. The molecule has 1 aromatic rings. The maximum absolute atomic E-state index is 12.1. The van der Waals surface area contributed by atoms with Crippen LogP contribution in [0, 0.1) is 5.92 Å². The van der Waals surface area contributed by atoms with Crippen LogP contribution in [0.5, 0.6) is 0 Å². The molecule has 0 saturated heterocycles. The fourth-order valence-corrected chi connectivity index (χ4v) is 3.44. The zero-order valence-electron chi connectivity index (χ0n) is 10.0. The predicted molar refractivity (Wildman–Crippen MR) is 72.5 cm³/mol. The third kappa shape index (κ3) is 4.10. The van der Waals surface area contributed by atoms with Gasteiger partial charge in [0.1, 0.15) is 0 Å². The second-order valence-corrected chi connectivity index (χ2v) is 6.85. The minimum Gasteiger partial charge on any atom is -0.395 e. The van der Waals surface area contributed by atoms with Gasteiger partial charge in [0.2, 0.25) is 10.0 Å². The molecule has 0 radical (unpaired) electrons. The number of nitrogens with one attached hydrogen (secondary N) is 1. The van der Waals surface area contributed by atoms with Gasteiger partial charge in [-0.1, -0.05) is 37.0 Å². The van der Waals surface area contributed by atoms with Crippen molar-refractivity contribution in [3.63, 3.8) is 0 Å². The molecule has 0 amide bonds. The second-order valence-electron chi connectivity index (χ2n) is 4.26. The summed E-state index contributed by atoms with van der Waals surface area (Å²) in [4.78, 5) is -0.0147. The van der Waals surface area contributed by atoms with E-state index in [9.17, 15) is 8.42 Å². The number of benzene rings is 1. The van der Waals surface area contributed by atoms with Crippen LogP contribution in [0.2, 0.25) is 10.0 Å². The Morgan fingerprint density at radius 2 is 1.72 bits per heavy atom. The van der Waals surface area contributed by atoms with Gasteiger partial charge in [0.25, 0.3) is 0 Å². The van der Waals surface area contributed by atoms with Gasteiger partial charge in [-0.05, 0) is 24.1 Å². The number of rotatable bonds is 5. The summed E-state index contributed by atoms with van der Waals surface area (Å²) >= 11 is 11.5. The lowest BCUT2D eigenvalue weighted by molar-refractivity contribution is 0.227. The van der Waals surface area contributed by atoms with Crippen molar-refractivity contribution in [3.8, 4) is 0 Å². The monoisotopic (exact) mass is 311 g/mol. The summed E-state index contributed by atoms with van der Waals surface area (Å²) in [6, 6.07) is 3.52. The number of aliphatic hydroxyl groups excluding tert-OH is 1. The molecule has 0 aliphatic rings. The van der Waals surface area contributed by atoms with Gasteiger partial charge in [-0.3, -0.25) is 0 Å². The van der Waals surface area contributed by atoms with E-state index < -0.39 is 16.1 Å². The first kappa shape index (κ1) is 15.7. The Morgan fingerprint density at radius 3 is 2.11 bits per heavy atom. The highest BCUT2D eigenvalue weighted by Crippen LogP contribution is 2.22. The molecule has 1 aromatic carbocycles. The molecule has 0 unspecified atom stereocenters. The Balaban J connectivity index is 3.06. The minimum absolute atomic E-state index is 0.0147. The Labute approximate surface area is 117 Å².